The van der Waals surface area contributed by atoms with Crippen molar-refractivity contribution in [3.05, 3.63) is 52.7 Å². The number of nitrogens with zero attached hydrogens (tertiary/aromatic N) is 3. The van der Waals surface area contributed by atoms with Gasteiger partial charge >= 0.3 is 0 Å². The van der Waals surface area contributed by atoms with Crippen LogP contribution in [-0.4, -0.2) is 58.6 Å². The highest BCUT2D eigenvalue weighted by Gasteiger charge is 2.36. The number of pyridine rings is 1. The van der Waals surface area contributed by atoms with Gasteiger partial charge in [-0.2, -0.15) is 5.06 Å². The molecule has 2 atom stereocenters. The summed E-state index contributed by atoms with van der Waals surface area (Å²) in [6.07, 6.45) is 0.388. The molecule has 1 aromatic heterocycles. The van der Waals surface area contributed by atoms with Gasteiger partial charge in [-0.05, 0) is 61.9 Å². The number of aromatic nitrogens is 1. The average Bonchev–Trinajstić information content (AvgIpc) is 3.12. The van der Waals surface area contributed by atoms with Gasteiger partial charge in [-0.1, -0.05) is 6.07 Å². The highest BCUT2D eigenvalue weighted by atomic mass is 19.2. The molecule has 0 radical (unpaired) electrons. The number of aliphatic hydroxyl groups is 1. The number of hydrogen-bond donors (Lipinski definition) is 3. The number of carbonyl (C=O) groups is 1. The monoisotopic (exact) mass is 478 g/mol. The minimum absolute atomic E-state index is 0.115. The van der Waals surface area contributed by atoms with Gasteiger partial charge in [0.25, 0.3) is 0 Å². The fraction of sp³-hybridized carbons (Fsp3) is 0.500. The van der Waals surface area contributed by atoms with Crippen molar-refractivity contribution in [3.8, 4) is 0 Å². The molecule has 3 N–H and O–H groups in total. The predicted octanol–water partition coefficient (Wildman–Crippen LogP) is 3.46. The van der Waals surface area contributed by atoms with Crippen molar-refractivity contribution in [3.63, 3.8) is 0 Å². The van der Waals surface area contributed by atoms with Gasteiger partial charge < -0.3 is 20.5 Å². The van der Waals surface area contributed by atoms with Crippen LogP contribution in [0, 0.1) is 18.6 Å². The molecular formula is C24H29F3N4O3. The number of benzene rings is 1. The summed E-state index contributed by atoms with van der Waals surface area (Å²) in [5.74, 6) is -2.12. The summed E-state index contributed by atoms with van der Waals surface area (Å²) in [6, 6.07) is 4.98. The zero-order valence-corrected chi connectivity index (χ0v) is 19.0. The number of anilines is 2. The zero-order chi connectivity index (χ0) is 24.5. The highest BCUT2D eigenvalue weighted by Crippen LogP contribution is 2.38. The molecule has 3 heterocycles. The third kappa shape index (κ3) is 5.34. The number of hydrogen-bond acceptors (Lipinski definition) is 6. The molecule has 184 valence electrons. The maximum absolute atomic E-state index is 14.0. The Morgan fingerprint density at radius 1 is 1.21 bits per heavy atom. The van der Waals surface area contributed by atoms with Crippen molar-refractivity contribution in [2.24, 2.45) is 0 Å². The fourth-order valence-electron chi connectivity index (χ4n) is 4.69. The Labute approximate surface area is 196 Å². The van der Waals surface area contributed by atoms with Gasteiger partial charge in [-0.25, -0.2) is 18.2 Å². The minimum atomic E-state index is -1.26. The smallest absolute Gasteiger partial charge is 0.228 e. The summed E-state index contributed by atoms with van der Waals surface area (Å²) in [5, 5.41) is 25.2. The lowest BCUT2D eigenvalue weighted by molar-refractivity contribution is -0.115. The molecule has 10 heteroatoms. The SMILES string of the molecule is Cc1cc(NC(=O)Cc2ccc(F)c(F)c2)c(N2CC[C@@H](F)C2)nc1C1(O)CCCN(O)CC1. The van der Waals surface area contributed by atoms with E-state index in [1.807, 2.05) is 0 Å². The van der Waals surface area contributed by atoms with Gasteiger partial charge in [-0.15, -0.1) is 0 Å². The van der Waals surface area contributed by atoms with Crippen molar-refractivity contribution in [1.82, 2.24) is 10.0 Å². The number of carbonyl (C=O) groups excluding carboxylic acids is 1. The Kier molecular flexibility index (Phi) is 7.11. The van der Waals surface area contributed by atoms with Gasteiger partial charge in [-0.3, -0.25) is 4.79 Å². The standard InChI is InChI=1S/C24H29F3N4O3/c1-15-11-20(28-21(32)13-16-3-4-18(26)19(27)12-16)23(30-9-5-17(25)14-30)29-22(15)24(33)6-2-8-31(34)10-7-24/h3-4,11-12,17,33-34H,2,5-10,13-14H2,1H3,(H,28,32)/t17-,24?/m1/s1. The van der Waals surface area contributed by atoms with Crippen LogP contribution in [0.1, 0.15) is 42.5 Å². The van der Waals surface area contributed by atoms with E-state index in [0.717, 1.165) is 12.1 Å². The van der Waals surface area contributed by atoms with Crippen LogP contribution in [0.3, 0.4) is 0 Å². The van der Waals surface area contributed by atoms with Crippen LogP contribution in [0.15, 0.2) is 24.3 Å². The molecule has 2 aromatic rings. The molecule has 7 nitrogen and oxygen atoms in total. The summed E-state index contributed by atoms with van der Waals surface area (Å²) in [4.78, 5) is 19.2. The van der Waals surface area contributed by atoms with Crippen LogP contribution in [0.5, 0.6) is 0 Å². The summed E-state index contributed by atoms with van der Waals surface area (Å²) in [7, 11) is 0. The van der Waals surface area contributed by atoms with E-state index in [1.54, 1.807) is 17.9 Å². The molecule has 1 amide bonds. The van der Waals surface area contributed by atoms with Gasteiger partial charge in [0.1, 0.15) is 11.8 Å². The normalized spacial score (nSPS) is 23.7. The molecule has 1 unspecified atom stereocenters. The molecule has 2 aliphatic heterocycles. The second-order valence-corrected chi connectivity index (χ2v) is 9.17. The summed E-state index contributed by atoms with van der Waals surface area (Å²) in [5.41, 5.74) is 0.504. The molecule has 2 fully saturated rings. The number of aryl methyl sites for hydroxylation is 1. The Balaban J connectivity index is 1.64. The molecule has 1 aromatic carbocycles. The topological polar surface area (TPSA) is 88.9 Å². The van der Waals surface area contributed by atoms with E-state index in [-0.39, 0.29) is 25.9 Å². The first kappa shape index (κ1) is 24.4. The first-order valence-corrected chi connectivity index (χ1v) is 11.5. The molecule has 34 heavy (non-hydrogen) atoms. The molecule has 0 saturated carbocycles. The van der Waals surface area contributed by atoms with Gasteiger partial charge in [0, 0.05) is 19.6 Å². The number of halogens is 3. The molecule has 2 saturated heterocycles. The highest BCUT2D eigenvalue weighted by molar-refractivity contribution is 5.95. The van der Waals surface area contributed by atoms with Crippen LogP contribution >= 0.6 is 0 Å². The number of amides is 1. The molecule has 2 aliphatic rings. The van der Waals surface area contributed by atoms with E-state index >= 15 is 0 Å². The molecular weight excluding hydrogens is 449 g/mol. The second-order valence-electron chi connectivity index (χ2n) is 9.17. The maximum atomic E-state index is 14.0. The summed E-state index contributed by atoms with van der Waals surface area (Å²) < 4.78 is 40.7. The molecule has 0 aliphatic carbocycles. The van der Waals surface area contributed by atoms with Crippen LogP contribution in [0.2, 0.25) is 0 Å². The van der Waals surface area contributed by atoms with Crippen molar-refractivity contribution in [1.29, 1.82) is 0 Å². The molecule has 0 spiro atoms. The van der Waals surface area contributed by atoms with Crippen LogP contribution in [-0.2, 0) is 16.8 Å². The van der Waals surface area contributed by atoms with Gasteiger partial charge in [0.2, 0.25) is 5.91 Å². The van der Waals surface area contributed by atoms with E-state index in [0.29, 0.717) is 60.7 Å². The second kappa shape index (κ2) is 9.89. The van der Waals surface area contributed by atoms with Crippen molar-refractivity contribution < 1.29 is 28.3 Å². The van der Waals surface area contributed by atoms with Crippen molar-refractivity contribution in [2.75, 3.05) is 36.4 Å². The third-order valence-corrected chi connectivity index (χ3v) is 6.48. The summed E-state index contributed by atoms with van der Waals surface area (Å²) in [6.45, 7) is 3.03. The lowest BCUT2D eigenvalue weighted by atomic mass is 9.88. The van der Waals surface area contributed by atoms with Crippen LogP contribution in [0.4, 0.5) is 24.7 Å². The zero-order valence-electron chi connectivity index (χ0n) is 19.0. The van der Waals surface area contributed by atoms with E-state index < -0.39 is 29.3 Å². The van der Waals surface area contributed by atoms with E-state index in [4.69, 9.17) is 4.98 Å². The van der Waals surface area contributed by atoms with Gasteiger partial charge in [0.05, 0.1) is 24.3 Å². The fourth-order valence-corrected chi connectivity index (χ4v) is 4.69. The van der Waals surface area contributed by atoms with Crippen LogP contribution < -0.4 is 10.2 Å². The van der Waals surface area contributed by atoms with E-state index in [2.05, 4.69) is 5.32 Å². The first-order valence-electron chi connectivity index (χ1n) is 11.5. The van der Waals surface area contributed by atoms with E-state index in [1.165, 1.54) is 11.1 Å². The van der Waals surface area contributed by atoms with E-state index in [9.17, 15) is 28.3 Å². The predicted molar refractivity (Wildman–Crippen MR) is 120 cm³/mol. The largest absolute Gasteiger partial charge is 0.383 e. The van der Waals surface area contributed by atoms with Crippen molar-refractivity contribution >= 4 is 17.4 Å². The number of nitrogens with one attached hydrogen (secondary N) is 1. The van der Waals surface area contributed by atoms with Crippen molar-refractivity contribution in [2.45, 2.75) is 50.8 Å². The van der Waals surface area contributed by atoms with Crippen LogP contribution in [0.25, 0.3) is 0 Å². The Bertz CT molecular complexity index is 1070. The quantitative estimate of drug-likeness (QED) is 0.610. The summed E-state index contributed by atoms with van der Waals surface area (Å²) >= 11 is 0. The Morgan fingerprint density at radius 3 is 2.71 bits per heavy atom. The Hall–Kier alpha value is -2.69. The Morgan fingerprint density at radius 2 is 2.00 bits per heavy atom. The number of alkyl halides is 1. The molecule has 0 bridgehead atoms. The first-order chi connectivity index (χ1) is 16.1. The third-order valence-electron chi connectivity index (χ3n) is 6.48. The maximum Gasteiger partial charge on any atom is 0.228 e. The lowest BCUT2D eigenvalue weighted by Gasteiger charge is -2.30. The van der Waals surface area contributed by atoms with Gasteiger partial charge in [0.15, 0.2) is 17.5 Å². The minimum Gasteiger partial charge on any atom is -0.383 e. The number of rotatable bonds is 5. The number of hydroxylamine groups is 2. The average molecular weight is 479 g/mol. The molecule has 4 rings (SSSR count). The lowest BCUT2D eigenvalue weighted by Crippen LogP contribution is -2.32.